The molecular formula is C32H31BrClN3O4S. The summed E-state index contributed by atoms with van der Waals surface area (Å²) < 4.78 is 29.8. The number of hydrogen-bond acceptors (Lipinski definition) is 4. The van der Waals surface area contributed by atoms with Gasteiger partial charge in [0.1, 0.15) is 12.6 Å². The molecule has 0 radical (unpaired) electrons. The number of carbonyl (C=O) groups is 2. The number of benzene rings is 4. The van der Waals surface area contributed by atoms with Crippen LogP contribution >= 0.6 is 27.5 Å². The van der Waals surface area contributed by atoms with Crippen LogP contribution in [0.5, 0.6) is 0 Å². The molecule has 0 aliphatic heterocycles. The van der Waals surface area contributed by atoms with Crippen LogP contribution in [-0.2, 0) is 32.6 Å². The van der Waals surface area contributed by atoms with Crippen molar-refractivity contribution in [3.63, 3.8) is 0 Å². The minimum Gasteiger partial charge on any atom is -0.357 e. The molecule has 0 bridgehead atoms. The molecule has 0 fully saturated rings. The molecule has 7 nitrogen and oxygen atoms in total. The number of sulfonamides is 1. The first-order valence-corrected chi connectivity index (χ1v) is 15.8. The largest absolute Gasteiger partial charge is 0.357 e. The number of nitrogens with one attached hydrogen (secondary N) is 1. The highest BCUT2D eigenvalue weighted by atomic mass is 79.9. The van der Waals surface area contributed by atoms with E-state index in [1.807, 2.05) is 43.3 Å². The highest BCUT2D eigenvalue weighted by molar-refractivity contribution is 9.10. The molecule has 0 aliphatic rings. The second kappa shape index (κ2) is 14.0. The Morgan fingerprint density at radius 2 is 1.55 bits per heavy atom. The van der Waals surface area contributed by atoms with Crippen molar-refractivity contribution in [3.8, 4) is 0 Å². The maximum absolute atomic E-state index is 14.3. The Bertz CT molecular complexity index is 1650. The predicted molar refractivity (Wildman–Crippen MR) is 170 cm³/mol. The second-order valence-corrected chi connectivity index (χ2v) is 13.0. The lowest BCUT2D eigenvalue weighted by Gasteiger charge is -2.33. The number of rotatable bonds is 11. The molecular weight excluding hydrogens is 638 g/mol. The monoisotopic (exact) mass is 667 g/mol. The molecule has 2 amide bonds. The topological polar surface area (TPSA) is 86.8 Å². The number of anilines is 1. The molecule has 42 heavy (non-hydrogen) atoms. The van der Waals surface area contributed by atoms with Gasteiger partial charge in [0.2, 0.25) is 11.8 Å². The van der Waals surface area contributed by atoms with Crippen molar-refractivity contribution in [2.24, 2.45) is 0 Å². The summed E-state index contributed by atoms with van der Waals surface area (Å²) in [4.78, 5) is 29.1. The zero-order valence-electron chi connectivity index (χ0n) is 23.2. The molecule has 0 saturated heterocycles. The van der Waals surface area contributed by atoms with E-state index in [2.05, 4.69) is 21.2 Å². The molecule has 10 heteroatoms. The van der Waals surface area contributed by atoms with Crippen molar-refractivity contribution in [2.45, 2.75) is 30.8 Å². The van der Waals surface area contributed by atoms with Crippen LogP contribution in [0.15, 0.2) is 112 Å². The molecule has 1 atom stereocenters. The zero-order chi connectivity index (χ0) is 30.3. The Kier molecular flexibility index (Phi) is 10.4. The maximum Gasteiger partial charge on any atom is 0.264 e. The second-order valence-electron chi connectivity index (χ2n) is 9.78. The van der Waals surface area contributed by atoms with E-state index in [0.717, 1.165) is 15.4 Å². The van der Waals surface area contributed by atoms with Gasteiger partial charge in [-0.05, 0) is 60.5 Å². The van der Waals surface area contributed by atoms with E-state index >= 15 is 0 Å². The summed E-state index contributed by atoms with van der Waals surface area (Å²) in [6, 6.07) is 28.7. The van der Waals surface area contributed by atoms with E-state index in [4.69, 9.17) is 11.6 Å². The van der Waals surface area contributed by atoms with Gasteiger partial charge in [0.25, 0.3) is 10.0 Å². The Hall–Kier alpha value is -3.66. The van der Waals surface area contributed by atoms with Crippen molar-refractivity contribution in [1.29, 1.82) is 0 Å². The molecule has 0 saturated carbocycles. The van der Waals surface area contributed by atoms with E-state index in [0.29, 0.717) is 20.7 Å². The number of aryl methyl sites for hydroxylation is 1. The maximum atomic E-state index is 14.3. The Balaban J connectivity index is 1.79. The normalized spacial score (nSPS) is 11.9. The van der Waals surface area contributed by atoms with Gasteiger partial charge in [0.15, 0.2) is 0 Å². The molecule has 0 aliphatic carbocycles. The third kappa shape index (κ3) is 7.79. The van der Waals surface area contributed by atoms with Gasteiger partial charge in [-0.25, -0.2) is 8.42 Å². The van der Waals surface area contributed by atoms with Crippen molar-refractivity contribution < 1.29 is 18.0 Å². The quantitative estimate of drug-likeness (QED) is 0.213. The summed E-state index contributed by atoms with van der Waals surface area (Å²) in [6.07, 6.45) is 0.231. The lowest BCUT2D eigenvalue weighted by atomic mass is 10.0. The number of likely N-dealkylation sites (N-methyl/N-ethyl adjacent to an activating group) is 1. The molecule has 4 aromatic rings. The average molecular weight is 669 g/mol. The van der Waals surface area contributed by atoms with Gasteiger partial charge in [-0.2, -0.15) is 0 Å². The number of nitrogens with zero attached hydrogens (tertiary/aromatic N) is 2. The average Bonchev–Trinajstić information content (AvgIpc) is 2.98. The van der Waals surface area contributed by atoms with Crippen molar-refractivity contribution >= 4 is 55.1 Å². The highest BCUT2D eigenvalue weighted by Crippen LogP contribution is 2.27. The van der Waals surface area contributed by atoms with Crippen LogP contribution in [0.4, 0.5) is 5.69 Å². The van der Waals surface area contributed by atoms with Crippen molar-refractivity contribution in [3.05, 3.63) is 129 Å². The first kappa shape index (κ1) is 31.3. The summed E-state index contributed by atoms with van der Waals surface area (Å²) in [7, 11) is -2.65. The fourth-order valence-corrected chi connectivity index (χ4v) is 6.56. The zero-order valence-corrected chi connectivity index (χ0v) is 26.4. The first-order chi connectivity index (χ1) is 20.1. The summed E-state index contributed by atoms with van der Waals surface area (Å²) in [5, 5.41) is 3.16. The van der Waals surface area contributed by atoms with E-state index in [9.17, 15) is 18.0 Å². The van der Waals surface area contributed by atoms with Gasteiger partial charge in [-0.3, -0.25) is 13.9 Å². The van der Waals surface area contributed by atoms with Crippen LogP contribution in [0.3, 0.4) is 0 Å². The lowest BCUT2D eigenvalue weighted by molar-refractivity contribution is -0.139. The van der Waals surface area contributed by atoms with E-state index < -0.39 is 28.5 Å². The molecule has 4 rings (SSSR count). The van der Waals surface area contributed by atoms with Crippen LogP contribution in [0, 0.1) is 6.92 Å². The van der Waals surface area contributed by atoms with Crippen LogP contribution < -0.4 is 9.62 Å². The third-order valence-electron chi connectivity index (χ3n) is 6.74. The number of halogens is 2. The standard InChI is InChI=1S/C32H31BrClN3O4S/c1-23-14-16-29(17-15-23)42(40,41)37(28-13-7-11-26(33)20-28)22-31(38)36(21-25-10-6-12-27(34)18-25)30(32(39)35-2)19-24-8-4-3-5-9-24/h3-18,20,30H,19,21-22H2,1-2H3,(H,35,39). The Morgan fingerprint density at radius 3 is 2.19 bits per heavy atom. The molecule has 1 N–H and O–H groups in total. The highest BCUT2D eigenvalue weighted by Gasteiger charge is 2.34. The molecule has 218 valence electrons. The Morgan fingerprint density at radius 1 is 0.881 bits per heavy atom. The minimum atomic E-state index is -4.16. The minimum absolute atomic E-state index is 0.0429. The van der Waals surface area contributed by atoms with Gasteiger partial charge < -0.3 is 10.2 Å². The van der Waals surface area contributed by atoms with Gasteiger partial charge in [-0.15, -0.1) is 0 Å². The van der Waals surface area contributed by atoms with E-state index in [-0.39, 0.29) is 23.8 Å². The fourth-order valence-electron chi connectivity index (χ4n) is 4.55. The van der Waals surface area contributed by atoms with Gasteiger partial charge in [0.05, 0.1) is 10.6 Å². The molecule has 0 heterocycles. The van der Waals surface area contributed by atoms with Gasteiger partial charge in [-0.1, -0.05) is 93.8 Å². The summed E-state index contributed by atoms with van der Waals surface area (Å²) in [6.45, 7) is 1.38. The SMILES string of the molecule is CNC(=O)C(Cc1ccccc1)N(Cc1cccc(Cl)c1)C(=O)CN(c1cccc(Br)c1)S(=O)(=O)c1ccc(C)cc1. The predicted octanol–water partition coefficient (Wildman–Crippen LogP) is 5.99. The molecule has 0 spiro atoms. The number of amides is 2. The molecule has 0 aromatic heterocycles. The Labute approximate surface area is 260 Å². The summed E-state index contributed by atoms with van der Waals surface area (Å²) in [5.74, 6) is -0.917. The van der Waals surface area contributed by atoms with Crippen LogP contribution in [0.25, 0.3) is 0 Å². The number of hydrogen-bond donors (Lipinski definition) is 1. The van der Waals surface area contributed by atoms with E-state index in [1.165, 1.54) is 24.1 Å². The van der Waals surface area contributed by atoms with Gasteiger partial charge in [0, 0.05) is 29.5 Å². The third-order valence-corrected chi connectivity index (χ3v) is 9.26. The van der Waals surface area contributed by atoms with Crippen LogP contribution in [-0.4, -0.2) is 44.8 Å². The summed E-state index contributed by atoms with van der Waals surface area (Å²) in [5.41, 5.74) is 2.76. The number of carbonyl (C=O) groups excluding carboxylic acids is 2. The van der Waals surface area contributed by atoms with Crippen molar-refractivity contribution in [2.75, 3.05) is 17.9 Å². The lowest BCUT2D eigenvalue weighted by Crippen LogP contribution is -2.53. The van der Waals surface area contributed by atoms with E-state index in [1.54, 1.807) is 54.6 Å². The van der Waals surface area contributed by atoms with Crippen LogP contribution in [0.1, 0.15) is 16.7 Å². The molecule has 4 aromatic carbocycles. The van der Waals surface area contributed by atoms with Crippen molar-refractivity contribution in [1.82, 2.24) is 10.2 Å². The van der Waals surface area contributed by atoms with Gasteiger partial charge >= 0.3 is 0 Å². The van der Waals surface area contributed by atoms with Crippen LogP contribution in [0.2, 0.25) is 5.02 Å². The molecule has 1 unspecified atom stereocenters. The summed E-state index contributed by atoms with van der Waals surface area (Å²) >= 11 is 9.67. The smallest absolute Gasteiger partial charge is 0.264 e. The fraction of sp³-hybridized carbons (Fsp3) is 0.188. The first-order valence-electron chi connectivity index (χ1n) is 13.2.